The lowest BCUT2D eigenvalue weighted by Crippen LogP contribution is -2.57. The molecule has 5 atom stereocenters. The Bertz CT molecular complexity index is 1960. The first-order valence-electron chi connectivity index (χ1n) is 13.0. The van der Waals surface area contributed by atoms with E-state index in [1.54, 1.807) is 41.9 Å². The molecule has 0 unspecified atom stereocenters. The first-order chi connectivity index (χ1) is 19.6. The summed E-state index contributed by atoms with van der Waals surface area (Å²) in [5.41, 5.74) is 2.55. The number of aryl methyl sites for hydroxylation is 1. The summed E-state index contributed by atoms with van der Waals surface area (Å²) in [6.45, 7) is -0.490. The number of halogens is 2. The number of ether oxygens (including phenoxy) is 2. The summed E-state index contributed by atoms with van der Waals surface area (Å²) in [5, 5.41) is 35.6. The van der Waals surface area contributed by atoms with E-state index >= 15 is 0 Å². The van der Waals surface area contributed by atoms with Crippen molar-refractivity contribution in [2.24, 2.45) is 7.05 Å². The second-order valence-electron chi connectivity index (χ2n) is 10.5. The fourth-order valence-corrected chi connectivity index (χ4v) is 7.30. The molecule has 5 aromatic rings. The van der Waals surface area contributed by atoms with Gasteiger partial charge in [0.15, 0.2) is 6.23 Å². The number of methoxy groups -OCH3 is 1. The summed E-state index contributed by atoms with van der Waals surface area (Å²) in [7, 11) is 4.60. The molecule has 2 aromatic heterocycles. The molecule has 212 valence electrons. The highest BCUT2D eigenvalue weighted by molar-refractivity contribution is 6.43. The van der Waals surface area contributed by atoms with E-state index < -0.39 is 49.1 Å². The number of fused-ring (bicyclic) bond motifs is 10. The summed E-state index contributed by atoms with van der Waals surface area (Å²) < 4.78 is 15.1. The fourth-order valence-electron chi connectivity index (χ4n) is 6.73. The van der Waals surface area contributed by atoms with Crippen molar-refractivity contribution in [1.29, 1.82) is 0 Å². The number of para-hydroxylation sites is 2. The van der Waals surface area contributed by atoms with Crippen molar-refractivity contribution in [1.82, 2.24) is 14.0 Å². The van der Waals surface area contributed by atoms with Gasteiger partial charge in [-0.25, -0.2) is 0 Å². The van der Waals surface area contributed by atoms with Crippen LogP contribution >= 0.6 is 23.2 Å². The van der Waals surface area contributed by atoms with Crippen LogP contribution in [0.2, 0.25) is 10.0 Å². The third-order valence-electron chi connectivity index (χ3n) is 8.52. The van der Waals surface area contributed by atoms with Crippen molar-refractivity contribution in [3.05, 3.63) is 57.6 Å². The lowest BCUT2D eigenvalue weighted by molar-refractivity contribution is -0.255. The number of aliphatic hydroxyl groups is 3. The maximum atomic E-state index is 13.7. The third kappa shape index (κ3) is 3.26. The lowest BCUT2D eigenvalue weighted by Gasteiger charge is -2.42. The minimum atomic E-state index is -1.51. The van der Waals surface area contributed by atoms with E-state index in [0.717, 1.165) is 4.90 Å². The second-order valence-corrected chi connectivity index (χ2v) is 11.3. The number of amides is 2. The Morgan fingerprint density at radius 2 is 1.41 bits per heavy atom. The number of nitrogens with zero attached hydrogens (tertiary/aromatic N) is 3. The molecule has 4 heterocycles. The van der Waals surface area contributed by atoms with Crippen LogP contribution in [0.25, 0.3) is 43.6 Å². The summed E-state index contributed by atoms with van der Waals surface area (Å²) in [6.07, 6.45) is -6.18. The summed E-state index contributed by atoms with van der Waals surface area (Å²) in [6, 6.07) is 10.5. The largest absolute Gasteiger partial charge is 0.394 e. The SMILES string of the molecule is CO[C@H]1[C@H](O)[C@@H](O)[C@H](n2c3c(Cl)cccc3c3c4c(c5c6cccc(Cl)c6n(C)c5c32)C(=O)N(C)C4=O)O[C@@H]1CO. The molecule has 10 nitrogen and oxygen atoms in total. The van der Waals surface area contributed by atoms with Crippen molar-refractivity contribution >= 4 is 78.6 Å². The average molecular weight is 598 g/mol. The lowest BCUT2D eigenvalue weighted by atomic mass is 9.96. The molecule has 0 radical (unpaired) electrons. The van der Waals surface area contributed by atoms with Crippen LogP contribution in [0.15, 0.2) is 36.4 Å². The Morgan fingerprint density at radius 3 is 2.00 bits per heavy atom. The van der Waals surface area contributed by atoms with Crippen LogP contribution in [0.5, 0.6) is 0 Å². The van der Waals surface area contributed by atoms with Gasteiger partial charge < -0.3 is 33.9 Å². The van der Waals surface area contributed by atoms with Gasteiger partial charge in [-0.15, -0.1) is 0 Å². The first-order valence-corrected chi connectivity index (χ1v) is 13.7. The van der Waals surface area contributed by atoms with Gasteiger partial charge in [0.25, 0.3) is 11.8 Å². The van der Waals surface area contributed by atoms with Crippen LogP contribution in [0, 0.1) is 0 Å². The molecule has 1 fully saturated rings. The minimum absolute atomic E-state index is 0.206. The zero-order chi connectivity index (χ0) is 29.1. The van der Waals surface area contributed by atoms with E-state index in [1.165, 1.54) is 14.2 Å². The highest BCUT2D eigenvalue weighted by atomic mass is 35.5. The third-order valence-corrected chi connectivity index (χ3v) is 9.13. The van der Waals surface area contributed by atoms with Gasteiger partial charge in [0.05, 0.1) is 49.8 Å². The zero-order valence-electron chi connectivity index (χ0n) is 22.1. The van der Waals surface area contributed by atoms with E-state index in [4.69, 9.17) is 32.7 Å². The van der Waals surface area contributed by atoms with Gasteiger partial charge in [-0.05, 0) is 12.1 Å². The van der Waals surface area contributed by atoms with Crippen LogP contribution in [0.1, 0.15) is 26.9 Å². The van der Waals surface area contributed by atoms with E-state index in [9.17, 15) is 24.9 Å². The summed E-state index contributed by atoms with van der Waals surface area (Å²) in [4.78, 5) is 28.5. The fraction of sp³-hybridized carbons (Fsp3) is 0.310. The molecular weight excluding hydrogens is 573 g/mol. The maximum Gasteiger partial charge on any atom is 0.262 e. The molecule has 0 bridgehead atoms. The predicted molar refractivity (Wildman–Crippen MR) is 154 cm³/mol. The van der Waals surface area contributed by atoms with E-state index in [0.29, 0.717) is 53.7 Å². The molecule has 12 heteroatoms. The van der Waals surface area contributed by atoms with Gasteiger partial charge >= 0.3 is 0 Å². The highest BCUT2D eigenvalue weighted by Gasteiger charge is 2.48. The number of carbonyl (C=O) groups is 2. The Labute approximate surface area is 242 Å². The predicted octanol–water partition coefficient (Wildman–Crippen LogP) is 3.60. The van der Waals surface area contributed by atoms with E-state index in [-0.39, 0.29) is 11.1 Å². The van der Waals surface area contributed by atoms with Crippen LogP contribution < -0.4 is 0 Å². The molecule has 0 aliphatic carbocycles. The smallest absolute Gasteiger partial charge is 0.262 e. The molecule has 3 N–H and O–H groups in total. The number of rotatable bonds is 3. The van der Waals surface area contributed by atoms with Crippen molar-refractivity contribution in [2.45, 2.75) is 30.6 Å². The second kappa shape index (κ2) is 9.14. The van der Waals surface area contributed by atoms with E-state index in [1.807, 2.05) is 10.6 Å². The maximum absolute atomic E-state index is 13.7. The number of carbonyl (C=O) groups excluding carboxylic acids is 2. The molecular formula is C29H25Cl2N3O7. The number of imide groups is 1. The van der Waals surface area contributed by atoms with Gasteiger partial charge in [0.2, 0.25) is 0 Å². The standard InChI is InChI=1S/C29H25Cl2N3O7/c1-32-20-11(6-4-8-13(20)30)16-18-19(28(39)33(2)27(18)38)17-12-7-5-9-14(31)21(12)34(23(17)22(16)32)29-25(37)24(36)26(40-3)15(10-35)41-29/h4-9,15,24-26,29,35-37H,10H2,1-3H3/t15-,24-,25-,26-,29-/m1/s1. The molecule has 1 saturated heterocycles. The number of aromatic nitrogens is 2. The molecule has 41 heavy (non-hydrogen) atoms. The Morgan fingerprint density at radius 1 is 0.854 bits per heavy atom. The van der Waals surface area contributed by atoms with Crippen molar-refractivity contribution in [3.8, 4) is 0 Å². The molecule has 7 rings (SSSR count). The Kier molecular flexibility index (Phi) is 5.94. The van der Waals surface area contributed by atoms with Gasteiger partial charge in [0.1, 0.15) is 24.4 Å². The molecule has 0 spiro atoms. The molecule has 2 amide bonds. The van der Waals surface area contributed by atoms with Gasteiger partial charge in [-0.3, -0.25) is 14.5 Å². The minimum Gasteiger partial charge on any atom is -0.394 e. The number of aliphatic hydroxyl groups excluding tert-OH is 3. The highest BCUT2D eigenvalue weighted by Crippen LogP contribution is 2.49. The van der Waals surface area contributed by atoms with Crippen LogP contribution in [-0.2, 0) is 16.5 Å². The normalized spacial score (nSPS) is 25.0. The van der Waals surface area contributed by atoms with Gasteiger partial charge in [-0.2, -0.15) is 0 Å². The van der Waals surface area contributed by atoms with Crippen molar-refractivity contribution in [2.75, 3.05) is 20.8 Å². The molecule has 2 aliphatic heterocycles. The summed E-state index contributed by atoms with van der Waals surface area (Å²) >= 11 is 13.5. The van der Waals surface area contributed by atoms with Crippen molar-refractivity contribution in [3.63, 3.8) is 0 Å². The van der Waals surface area contributed by atoms with Gasteiger partial charge in [0, 0.05) is 42.8 Å². The summed E-state index contributed by atoms with van der Waals surface area (Å²) in [5.74, 6) is -0.923. The number of benzene rings is 3. The van der Waals surface area contributed by atoms with Gasteiger partial charge in [-0.1, -0.05) is 47.5 Å². The monoisotopic (exact) mass is 597 g/mol. The molecule has 2 aliphatic rings. The van der Waals surface area contributed by atoms with Crippen LogP contribution in [-0.4, -0.2) is 86.3 Å². The first kappa shape index (κ1) is 26.7. The molecule has 3 aromatic carbocycles. The zero-order valence-corrected chi connectivity index (χ0v) is 23.6. The van der Waals surface area contributed by atoms with Crippen LogP contribution in [0.3, 0.4) is 0 Å². The quantitative estimate of drug-likeness (QED) is 0.271. The topological polar surface area (TPSA) is 126 Å². The molecule has 0 saturated carbocycles. The number of hydrogen-bond donors (Lipinski definition) is 3. The Hall–Kier alpha value is -3.22. The number of hydrogen-bond acceptors (Lipinski definition) is 7. The van der Waals surface area contributed by atoms with E-state index in [2.05, 4.69) is 0 Å². The Balaban J connectivity index is 1.75. The van der Waals surface area contributed by atoms with Crippen molar-refractivity contribution < 1.29 is 34.4 Å². The van der Waals surface area contributed by atoms with Crippen LogP contribution in [0.4, 0.5) is 0 Å². The average Bonchev–Trinajstić information content (AvgIpc) is 3.53.